The van der Waals surface area contributed by atoms with Crippen molar-refractivity contribution in [1.82, 2.24) is 15.1 Å². The predicted octanol–water partition coefficient (Wildman–Crippen LogP) is 3.17. The number of likely N-dealkylation sites (N-methyl/N-ethyl adjacent to an activating group) is 1. The van der Waals surface area contributed by atoms with Gasteiger partial charge in [-0.25, -0.2) is 0 Å². The normalized spacial score (nSPS) is 30.1. The van der Waals surface area contributed by atoms with Crippen LogP contribution in [0.3, 0.4) is 0 Å². The summed E-state index contributed by atoms with van der Waals surface area (Å²) in [7, 11) is 0. The standard InChI is InChI=1S/C17H29N3/c1-4-18-16(17-14-8-6-7-9-15(14)17)11-13-10-12(3)19-20(13)5-2/h10,14-18H,4-9,11H2,1-3H3. The van der Waals surface area contributed by atoms with Crippen LogP contribution in [0.2, 0.25) is 0 Å². The average molecular weight is 275 g/mol. The third-order valence-electron chi connectivity index (χ3n) is 5.37. The van der Waals surface area contributed by atoms with Crippen molar-refractivity contribution in [2.24, 2.45) is 17.8 Å². The Morgan fingerprint density at radius 1 is 1.30 bits per heavy atom. The lowest BCUT2D eigenvalue weighted by Crippen LogP contribution is -2.34. The maximum Gasteiger partial charge on any atom is 0.0596 e. The molecule has 3 rings (SSSR count). The van der Waals surface area contributed by atoms with Gasteiger partial charge in [0, 0.05) is 24.7 Å². The van der Waals surface area contributed by atoms with Crippen LogP contribution in [0.4, 0.5) is 0 Å². The van der Waals surface area contributed by atoms with Gasteiger partial charge >= 0.3 is 0 Å². The molecule has 1 heterocycles. The third-order valence-corrected chi connectivity index (χ3v) is 5.37. The molecule has 1 N–H and O–H groups in total. The summed E-state index contributed by atoms with van der Waals surface area (Å²) in [5, 5.41) is 8.37. The van der Waals surface area contributed by atoms with E-state index in [1.54, 1.807) is 0 Å². The number of hydrogen-bond donors (Lipinski definition) is 1. The van der Waals surface area contributed by atoms with Crippen LogP contribution < -0.4 is 5.32 Å². The fourth-order valence-electron chi connectivity index (χ4n) is 4.51. The van der Waals surface area contributed by atoms with Gasteiger partial charge in [-0.2, -0.15) is 5.10 Å². The number of hydrogen-bond acceptors (Lipinski definition) is 2. The van der Waals surface area contributed by atoms with E-state index in [-0.39, 0.29) is 0 Å². The first kappa shape index (κ1) is 14.1. The van der Waals surface area contributed by atoms with Crippen LogP contribution in [-0.4, -0.2) is 22.4 Å². The lowest BCUT2D eigenvalue weighted by molar-refractivity contribution is 0.424. The molecule has 3 heteroatoms. The van der Waals surface area contributed by atoms with Gasteiger partial charge in [0.05, 0.1) is 5.69 Å². The summed E-state index contributed by atoms with van der Waals surface area (Å²) in [5.41, 5.74) is 2.57. The van der Waals surface area contributed by atoms with E-state index >= 15 is 0 Å². The molecule has 3 atom stereocenters. The van der Waals surface area contributed by atoms with Crippen molar-refractivity contribution in [3.05, 3.63) is 17.5 Å². The smallest absolute Gasteiger partial charge is 0.0596 e. The molecule has 2 aliphatic carbocycles. The van der Waals surface area contributed by atoms with Crippen molar-refractivity contribution >= 4 is 0 Å². The summed E-state index contributed by atoms with van der Waals surface area (Å²) in [4.78, 5) is 0. The van der Waals surface area contributed by atoms with Crippen molar-refractivity contribution in [3.8, 4) is 0 Å². The first-order valence-electron chi connectivity index (χ1n) is 8.51. The molecule has 1 aromatic heterocycles. The third kappa shape index (κ3) is 2.65. The molecule has 0 aromatic carbocycles. The molecule has 3 unspecified atom stereocenters. The number of aromatic nitrogens is 2. The van der Waals surface area contributed by atoms with Gasteiger partial charge in [-0.15, -0.1) is 0 Å². The van der Waals surface area contributed by atoms with Crippen LogP contribution in [-0.2, 0) is 13.0 Å². The highest BCUT2D eigenvalue weighted by molar-refractivity contribution is 5.14. The van der Waals surface area contributed by atoms with E-state index in [2.05, 4.69) is 41.9 Å². The van der Waals surface area contributed by atoms with Crippen LogP contribution in [0.5, 0.6) is 0 Å². The molecule has 2 saturated carbocycles. The highest BCUT2D eigenvalue weighted by Crippen LogP contribution is 2.57. The highest BCUT2D eigenvalue weighted by Gasteiger charge is 2.53. The van der Waals surface area contributed by atoms with Crippen molar-refractivity contribution in [1.29, 1.82) is 0 Å². The molecule has 20 heavy (non-hydrogen) atoms. The van der Waals surface area contributed by atoms with Crippen molar-refractivity contribution < 1.29 is 0 Å². The lowest BCUT2D eigenvalue weighted by atomic mass is 10.0. The van der Waals surface area contributed by atoms with Crippen molar-refractivity contribution in [3.63, 3.8) is 0 Å². The molecular weight excluding hydrogens is 246 g/mol. The highest BCUT2D eigenvalue weighted by atomic mass is 15.3. The minimum atomic E-state index is 0.662. The molecule has 0 amide bonds. The predicted molar refractivity (Wildman–Crippen MR) is 82.7 cm³/mol. The van der Waals surface area contributed by atoms with E-state index in [0.717, 1.165) is 43.0 Å². The maximum atomic E-state index is 4.60. The summed E-state index contributed by atoms with van der Waals surface area (Å²) in [5.74, 6) is 2.97. The van der Waals surface area contributed by atoms with Gasteiger partial charge in [-0.1, -0.05) is 19.8 Å². The van der Waals surface area contributed by atoms with Crippen molar-refractivity contribution in [2.45, 2.75) is 65.5 Å². The largest absolute Gasteiger partial charge is 0.314 e. The Labute approximate surface area is 123 Å². The second-order valence-electron chi connectivity index (χ2n) is 6.65. The summed E-state index contributed by atoms with van der Waals surface area (Å²) in [6, 6.07) is 2.94. The molecule has 112 valence electrons. The Hall–Kier alpha value is -0.830. The molecule has 3 nitrogen and oxygen atoms in total. The number of fused-ring (bicyclic) bond motifs is 1. The molecule has 0 saturated heterocycles. The van der Waals surface area contributed by atoms with E-state index in [4.69, 9.17) is 0 Å². The Morgan fingerprint density at radius 3 is 2.60 bits per heavy atom. The Balaban J connectivity index is 1.71. The van der Waals surface area contributed by atoms with E-state index in [0.29, 0.717) is 6.04 Å². The van der Waals surface area contributed by atoms with Gasteiger partial charge in [0.2, 0.25) is 0 Å². The number of nitrogens with zero attached hydrogens (tertiary/aromatic N) is 2. The van der Waals surface area contributed by atoms with Crippen LogP contribution >= 0.6 is 0 Å². The number of rotatable bonds is 6. The van der Waals surface area contributed by atoms with Crippen LogP contribution in [0.1, 0.15) is 50.9 Å². The minimum Gasteiger partial charge on any atom is -0.314 e. The number of nitrogens with one attached hydrogen (secondary N) is 1. The summed E-state index contributed by atoms with van der Waals surface area (Å²) >= 11 is 0. The Bertz CT molecular complexity index is 439. The first-order valence-corrected chi connectivity index (χ1v) is 8.51. The van der Waals surface area contributed by atoms with Crippen molar-refractivity contribution in [2.75, 3.05) is 6.54 Å². The second kappa shape index (κ2) is 5.88. The van der Waals surface area contributed by atoms with Gasteiger partial charge in [0.25, 0.3) is 0 Å². The molecular formula is C17H29N3. The lowest BCUT2D eigenvalue weighted by Gasteiger charge is -2.19. The van der Waals surface area contributed by atoms with E-state index in [9.17, 15) is 0 Å². The average Bonchev–Trinajstić information content (AvgIpc) is 3.07. The van der Waals surface area contributed by atoms with Gasteiger partial charge in [-0.3, -0.25) is 4.68 Å². The number of aryl methyl sites for hydroxylation is 2. The van der Waals surface area contributed by atoms with Gasteiger partial charge in [0.1, 0.15) is 0 Å². The molecule has 2 fully saturated rings. The molecule has 2 aliphatic rings. The fourth-order valence-corrected chi connectivity index (χ4v) is 4.51. The molecule has 0 radical (unpaired) electrons. The quantitative estimate of drug-likeness (QED) is 0.864. The molecule has 0 bridgehead atoms. The fraction of sp³-hybridized carbons (Fsp3) is 0.824. The molecule has 0 spiro atoms. The zero-order valence-electron chi connectivity index (χ0n) is 13.2. The van der Waals surface area contributed by atoms with E-state index in [1.807, 2.05) is 0 Å². The Morgan fingerprint density at radius 2 is 2.00 bits per heavy atom. The Kier molecular flexibility index (Phi) is 4.16. The van der Waals surface area contributed by atoms with Crippen LogP contribution in [0.15, 0.2) is 6.07 Å². The maximum absolute atomic E-state index is 4.60. The van der Waals surface area contributed by atoms with Gasteiger partial charge in [-0.05, 0) is 57.1 Å². The zero-order valence-corrected chi connectivity index (χ0v) is 13.2. The monoisotopic (exact) mass is 275 g/mol. The molecule has 1 aromatic rings. The van der Waals surface area contributed by atoms with E-state index < -0.39 is 0 Å². The SMILES string of the molecule is CCNC(Cc1cc(C)nn1CC)C1C2CCCCC21. The van der Waals surface area contributed by atoms with Crippen LogP contribution in [0, 0.1) is 24.7 Å². The summed E-state index contributed by atoms with van der Waals surface area (Å²) in [6.07, 6.45) is 7.03. The van der Waals surface area contributed by atoms with Gasteiger partial charge < -0.3 is 5.32 Å². The summed E-state index contributed by atoms with van der Waals surface area (Å²) in [6.45, 7) is 8.60. The van der Waals surface area contributed by atoms with E-state index in [1.165, 1.54) is 31.4 Å². The zero-order chi connectivity index (χ0) is 14.1. The minimum absolute atomic E-state index is 0.662. The summed E-state index contributed by atoms with van der Waals surface area (Å²) < 4.78 is 2.19. The second-order valence-corrected chi connectivity index (χ2v) is 6.65. The van der Waals surface area contributed by atoms with Crippen LogP contribution in [0.25, 0.3) is 0 Å². The van der Waals surface area contributed by atoms with Gasteiger partial charge in [0.15, 0.2) is 0 Å². The topological polar surface area (TPSA) is 29.9 Å². The first-order chi connectivity index (χ1) is 9.74. The molecule has 0 aliphatic heterocycles.